The number of H-pyrrole nitrogens is 1. The number of hydrogen-bond donors (Lipinski definition) is 12. The molecule has 2 rings (SSSR count). The van der Waals surface area contributed by atoms with Crippen LogP contribution in [0.3, 0.4) is 0 Å². The molecule has 7 amide bonds. The lowest BCUT2D eigenvalue weighted by Gasteiger charge is -2.30. The summed E-state index contributed by atoms with van der Waals surface area (Å²) in [7, 11) is 0. The molecule has 0 spiro atoms. The van der Waals surface area contributed by atoms with Gasteiger partial charge in [-0.2, -0.15) is 0 Å². The predicted molar refractivity (Wildman–Crippen MR) is 198 cm³/mol. The monoisotopic (exact) mass is 809 g/mol. The van der Waals surface area contributed by atoms with Gasteiger partial charge in [-0.1, -0.05) is 20.3 Å². The maximum atomic E-state index is 13.6. The highest BCUT2D eigenvalue weighted by Gasteiger charge is 2.40. The minimum absolute atomic E-state index is 0.0165. The number of amides is 7. The first-order chi connectivity index (χ1) is 26.9. The lowest BCUT2D eigenvalue weighted by molar-refractivity contribution is -0.145. The molecule has 1 fully saturated rings. The average molecular weight is 810 g/mol. The number of likely N-dealkylation sites (tertiary alicyclic amines) is 1. The van der Waals surface area contributed by atoms with Crippen molar-refractivity contribution in [1.82, 2.24) is 41.5 Å². The number of hydrogen-bond acceptors (Lipinski definition) is 13. The molecule has 15 N–H and O–H groups in total. The van der Waals surface area contributed by atoms with E-state index in [-0.39, 0.29) is 32.2 Å². The molecule has 0 aliphatic carbocycles. The molecule has 1 aromatic rings. The largest absolute Gasteiger partial charge is 0.481 e. The molecule has 1 aromatic heterocycles. The minimum atomic E-state index is -1.80. The molecule has 1 aliphatic heterocycles. The highest BCUT2D eigenvalue weighted by atomic mass is 16.4. The van der Waals surface area contributed by atoms with E-state index in [4.69, 9.17) is 17.2 Å². The molecule has 0 radical (unpaired) electrons. The first kappa shape index (κ1) is 47.5. The number of carboxylic acid groups (broad SMARTS) is 2. The Balaban J connectivity index is 2.19. The van der Waals surface area contributed by atoms with Crippen molar-refractivity contribution in [3.63, 3.8) is 0 Å². The van der Waals surface area contributed by atoms with Crippen LogP contribution in [-0.2, 0) is 49.6 Å². The fourth-order valence-electron chi connectivity index (χ4n) is 5.99. The summed E-state index contributed by atoms with van der Waals surface area (Å²) in [6, 6.07) is -10.2. The van der Waals surface area contributed by atoms with Crippen LogP contribution in [0.25, 0.3) is 0 Å². The Hall–Kier alpha value is -5.68. The highest BCUT2D eigenvalue weighted by molar-refractivity contribution is 5.99. The maximum Gasteiger partial charge on any atom is 0.326 e. The summed E-state index contributed by atoms with van der Waals surface area (Å²) in [4.78, 5) is 123. The Morgan fingerprint density at radius 2 is 1.53 bits per heavy atom. The number of aliphatic carboxylic acids is 2. The summed E-state index contributed by atoms with van der Waals surface area (Å²) in [6.07, 6.45) is 2.87. The van der Waals surface area contributed by atoms with E-state index in [1.807, 2.05) is 0 Å². The Bertz CT molecular complexity index is 1580. The summed E-state index contributed by atoms with van der Waals surface area (Å²) in [5.74, 6) is -10.1. The second-order valence-corrected chi connectivity index (χ2v) is 13.8. The third kappa shape index (κ3) is 15.1. The van der Waals surface area contributed by atoms with Gasteiger partial charge in [0.25, 0.3) is 0 Å². The fourth-order valence-corrected chi connectivity index (χ4v) is 5.99. The number of carbonyl (C=O) groups is 9. The number of unbranched alkanes of at least 4 members (excludes halogenated alkanes) is 1. The number of primary amides is 1. The van der Waals surface area contributed by atoms with Crippen molar-refractivity contribution in [2.24, 2.45) is 23.1 Å². The zero-order valence-electron chi connectivity index (χ0n) is 31.9. The number of nitrogens with zero attached hydrogens (tertiary/aromatic N) is 2. The quantitative estimate of drug-likeness (QED) is 0.0413. The van der Waals surface area contributed by atoms with Gasteiger partial charge in [0, 0.05) is 19.2 Å². The minimum Gasteiger partial charge on any atom is -0.481 e. The van der Waals surface area contributed by atoms with Gasteiger partial charge in [0.05, 0.1) is 37.5 Å². The van der Waals surface area contributed by atoms with Gasteiger partial charge in [-0.3, -0.25) is 38.4 Å². The number of nitrogens with two attached hydrogens (primary N) is 3. The standard InChI is InChI=1S/C34H55N11O12/c1-3-17(2)27(44-28(50)19(36)11-18-14-38-16-39-18)32(54)42-22(13-26(48)49)30(52)43-23(15-46)33(55)45-10-6-8-24(45)31(53)41-21(12-25(37)47)29(51)40-20(34(56)57)7-4-5-9-35/h14,16-17,19-24,27,46H,3-13,15,35-36H2,1-2H3,(H2,37,47)(H,38,39)(H,40,51)(H,41,53)(H,42,54)(H,43,52)(H,44,50)(H,48,49)(H,56,57)/t17-,19-,20-,21-,22-,23-,24-,27-/m0/s1. The number of carboxylic acids is 2. The van der Waals surface area contributed by atoms with Gasteiger partial charge in [0.1, 0.15) is 36.3 Å². The summed E-state index contributed by atoms with van der Waals surface area (Å²) >= 11 is 0. The van der Waals surface area contributed by atoms with Gasteiger partial charge in [-0.15, -0.1) is 0 Å². The van der Waals surface area contributed by atoms with Crippen molar-refractivity contribution < 1.29 is 58.5 Å². The zero-order valence-corrected chi connectivity index (χ0v) is 31.9. The Labute approximate surface area is 328 Å². The molecule has 23 heteroatoms. The van der Waals surface area contributed by atoms with E-state index in [1.165, 1.54) is 6.33 Å². The van der Waals surface area contributed by atoms with E-state index in [9.17, 15) is 58.5 Å². The van der Waals surface area contributed by atoms with Crippen LogP contribution in [0.15, 0.2) is 12.5 Å². The molecule has 23 nitrogen and oxygen atoms in total. The van der Waals surface area contributed by atoms with Crippen LogP contribution in [0.1, 0.15) is 70.9 Å². The molecule has 0 saturated carbocycles. The summed E-state index contributed by atoms with van der Waals surface area (Å²) in [5.41, 5.74) is 17.2. The van der Waals surface area contributed by atoms with Crippen molar-refractivity contribution in [2.45, 2.75) is 114 Å². The van der Waals surface area contributed by atoms with E-state index < -0.39 is 121 Å². The number of aromatic nitrogens is 2. The second kappa shape index (κ2) is 23.4. The molecule has 0 unspecified atom stereocenters. The number of aliphatic hydroxyl groups is 1. The molecule has 0 aromatic carbocycles. The van der Waals surface area contributed by atoms with Gasteiger partial charge >= 0.3 is 11.9 Å². The van der Waals surface area contributed by atoms with Crippen LogP contribution in [-0.4, -0.2) is 145 Å². The molecule has 0 bridgehead atoms. The summed E-state index contributed by atoms with van der Waals surface area (Å²) < 4.78 is 0. The molecule has 1 aliphatic rings. The smallest absolute Gasteiger partial charge is 0.326 e. The van der Waals surface area contributed by atoms with Gasteiger partial charge in [-0.25, -0.2) is 9.78 Å². The topological polar surface area (TPSA) is 384 Å². The molecular formula is C34H55N11O12. The summed E-state index contributed by atoms with van der Waals surface area (Å²) in [5, 5.41) is 40.9. The van der Waals surface area contributed by atoms with Crippen LogP contribution < -0.4 is 43.8 Å². The number of nitrogens with one attached hydrogen (secondary N) is 6. The van der Waals surface area contributed by atoms with Crippen LogP contribution in [0.2, 0.25) is 0 Å². The van der Waals surface area contributed by atoms with E-state index >= 15 is 0 Å². The molecular weight excluding hydrogens is 754 g/mol. The van der Waals surface area contributed by atoms with E-state index in [0.29, 0.717) is 31.5 Å². The first-order valence-electron chi connectivity index (χ1n) is 18.5. The fraction of sp³-hybridized carbons (Fsp3) is 0.647. The van der Waals surface area contributed by atoms with Crippen LogP contribution >= 0.6 is 0 Å². The third-order valence-corrected chi connectivity index (χ3v) is 9.36. The van der Waals surface area contributed by atoms with Crippen molar-refractivity contribution in [2.75, 3.05) is 19.7 Å². The maximum absolute atomic E-state index is 13.6. The van der Waals surface area contributed by atoms with Crippen LogP contribution in [0.4, 0.5) is 0 Å². The average Bonchev–Trinajstić information content (AvgIpc) is 3.86. The number of aliphatic hydroxyl groups excluding tert-OH is 1. The Kier molecular flexibility index (Phi) is 19.5. The van der Waals surface area contributed by atoms with Gasteiger partial charge in [0.2, 0.25) is 41.4 Å². The number of carbonyl (C=O) groups excluding carboxylic acids is 7. The van der Waals surface area contributed by atoms with Gasteiger partial charge in [0.15, 0.2) is 0 Å². The van der Waals surface area contributed by atoms with Crippen molar-refractivity contribution in [1.29, 1.82) is 0 Å². The number of rotatable bonds is 25. The first-order valence-corrected chi connectivity index (χ1v) is 18.5. The summed E-state index contributed by atoms with van der Waals surface area (Å²) in [6.45, 7) is 2.60. The van der Waals surface area contributed by atoms with E-state index in [2.05, 4.69) is 36.6 Å². The lowest BCUT2D eigenvalue weighted by atomic mass is 9.97. The van der Waals surface area contributed by atoms with Crippen molar-refractivity contribution in [3.05, 3.63) is 18.2 Å². The van der Waals surface area contributed by atoms with Crippen LogP contribution in [0.5, 0.6) is 0 Å². The molecule has 318 valence electrons. The van der Waals surface area contributed by atoms with E-state index in [1.54, 1.807) is 20.0 Å². The molecule has 57 heavy (non-hydrogen) atoms. The Morgan fingerprint density at radius 3 is 2.07 bits per heavy atom. The Morgan fingerprint density at radius 1 is 0.895 bits per heavy atom. The highest BCUT2D eigenvalue weighted by Crippen LogP contribution is 2.19. The number of aromatic amines is 1. The van der Waals surface area contributed by atoms with Gasteiger partial charge < -0.3 is 69.0 Å². The van der Waals surface area contributed by atoms with Crippen LogP contribution in [0, 0.1) is 5.92 Å². The third-order valence-electron chi connectivity index (χ3n) is 9.36. The SMILES string of the molecule is CC[C@H](C)[C@H](NC(=O)[C@@H](N)Cc1c[nH]cn1)C(=O)N[C@@H](CC(=O)O)C(=O)N[C@@H](CO)C(=O)N1CCC[C@H]1C(=O)N[C@@H](CC(N)=O)C(=O)N[C@@H](CCCCN)C(=O)O. The lowest BCUT2D eigenvalue weighted by Crippen LogP contribution is -2.61. The molecule has 1 saturated heterocycles. The van der Waals surface area contributed by atoms with Crippen molar-refractivity contribution in [3.8, 4) is 0 Å². The van der Waals surface area contributed by atoms with E-state index in [0.717, 1.165) is 4.90 Å². The molecule has 2 heterocycles. The molecule has 8 atom stereocenters. The van der Waals surface area contributed by atoms with Crippen molar-refractivity contribution >= 4 is 53.3 Å². The van der Waals surface area contributed by atoms with Gasteiger partial charge in [-0.05, 0) is 44.6 Å². The predicted octanol–water partition coefficient (Wildman–Crippen LogP) is -4.70. The number of imidazole rings is 1. The second-order valence-electron chi connectivity index (χ2n) is 13.8. The zero-order chi connectivity index (χ0) is 42.8. The normalized spacial score (nSPS) is 17.4.